The normalized spacial score (nSPS) is 18.2. The van der Waals surface area contributed by atoms with Gasteiger partial charge in [0.2, 0.25) is 0 Å². The van der Waals surface area contributed by atoms with Gasteiger partial charge in [-0.2, -0.15) is 0 Å². The Morgan fingerprint density at radius 3 is 2.65 bits per heavy atom. The number of nitrogens with two attached hydrogens (primary N) is 1. The molecule has 108 valence electrons. The van der Waals surface area contributed by atoms with E-state index in [0.29, 0.717) is 19.1 Å². The third-order valence-corrected chi connectivity index (χ3v) is 4.74. The molecule has 0 atom stereocenters. The van der Waals surface area contributed by atoms with E-state index in [4.69, 9.17) is 5.73 Å². The molecule has 3 nitrogen and oxygen atoms in total. The van der Waals surface area contributed by atoms with E-state index in [1.165, 1.54) is 36.8 Å². The average molecular weight is 272 g/mol. The van der Waals surface area contributed by atoms with Crippen molar-refractivity contribution in [2.75, 3.05) is 13.1 Å². The van der Waals surface area contributed by atoms with Crippen LogP contribution in [-0.2, 0) is 12.8 Å². The molecule has 0 bridgehead atoms. The molecule has 3 rings (SSSR count). The third-order valence-electron chi connectivity index (χ3n) is 4.74. The highest BCUT2D eigenvalue weighted by molar-refractivity contribution is 5.94. The molecule has 1 aromatic carbocycles. The number of aryl methyl sites for hydroxylation is 2. The number of benzene rings is 1. The van der Waals surface area contributed by atoms with Crippen LogP contribution in [0, 0.1) is 0 Å². The SMILES string of the molecule is NCCN(C(=O)c1ccc2c(c1)CCC2)C1CCCC1. The molecule has 1 aromatic rings. The van der Waals surface area contributed by atoms with Gasteiger partial charge in [0, 0.05) is 24.7 Å². The van der Waals surface area contributed by atoms with Crippen molar-refractivity contribution in [2.45, 2.75) is 51.0 Å². The predicted octanol–water partition coefficient (Wildman–Crippen LogP) is 2.52. The fourth-order valence-electron chi connectivity index (χ4n) is 3.68. The monoisotopic (exact) mass is 272 g/mol. The van der Waals surface area contributed by atoms with Crippen LogP contribution in [0.1, 0.15) is 53.6 Å². The minimum absolute atomic E-state index is 0.178. The number of hydrogen-bond donors (Lipinski definition) is 1. The number of hydrogen-bond acceptors (Lipinski definition) is 2. The zero-order valence-electron chi connectivity index (χ0n) is 12.1. The molecule has 3 heteroatoms. The Balaban J connectivity index is 1.81. The van der Waals surface area contributed by atoms with Crippen LogP contribution < -0.4 is 5.73 Å². The number of nitrogens with zero attached hydrogens (tertiary/aromatic N) is 1. The summed E-state index contributed by atoms with van der Waals surface area (Å²) >= 11 is 0. The standard InChI is InChI=1S/C17H24N2O/c18-10-11-19(16-6-1-2-7-16)17(20)15-9-8-13-4-3-5-14(13)12-15/h8-9,12,16H,1-7,10-11,18H2. The molecule has 0 spiro atoms. The molecule has 1 saturated carbocycles. The van der Waals surface area contributed by atoms with Crippen LogP contribution >= 0.6 is 0 Å². The van der Waals surface area contributed by atoms with Crippen molar-refractivity contribution in [3.05, 3.63) is 34.9 Å². The summed E-state index contributed by atoms with van der Waals surface area (Å²) in [6.07, 6.45) is 8.26. The molecular formula is C17H24N2O. The van der Waals surface area contributed by atoms with E-state index in [-0.39, 0.29) is 5.91 Å². The van der Waals surface area contributed by atoms with E-state index in [9.17, 15) is 4.79 Å². The Morgan fingerprint density at radius 2 is 1.90 bits per heavy atom. The van der Waals surface area contributed by atoms with Crippen LogP contribution in [-0.4, -0.2) is 29.9 Å². The largest absolute Gasteiger partial charge is 0.334 e. The highest BCUT2D eigenvalue weighted by Crippen LogP contribution is 2.27. The van der Waals surface area contributed by atoms with Crippen LogP contribution in [0.2, 0.25) is 0 Å². The van der Waals surface area contributed by atoms with E-state index in [1.807, 2.05) is 11.0 Å². The second kappa shape index (κ2) is 5.96. The first-order valence-corrected chi connectivity index (χ1v) is 7.92. The number of rotatable bonds is 4. The first kappa shape index (κ1) is 13.6. The molecule has 2 aliphatic rings. The summed E-state index contributed by atoms with van der Waals surface area (Å²) in [6.45, 7) is 1.23. The first-order chi connectivity index (χ1) is 9.79. The van der Waals surface area contributed by atoms with Crippen molar-refractivity contribution in [2.24, 2.45) is 5.73 Å². The van der Waals surface area contributed by atoms with Crippen molar-refractivity contribution in [3.8, 4) is 0 Å². The van der Waals surface area contributed by atoms with E-state index in [0.717, 1.165) is 24.8 Å². The molecular weight excluding hydrogens is 248 g/mol. The summed E-state index contributed by atoms with van der Waals surface area (Å²) in [7, 11) is 0. The third kappa shape index (κ3) is 2.59. The number of fused-ring (bicyclic) bond motifs is 1. The summed E-state index contributed by atoms with van der Waals surface area (Å²) in [5.41, 5.74) is 9.36. The van der Waals surface area contributed by atoms with Gasteiger partial charge in [0.1, 0.15) is 0 Å². The van der Waals surface area contributed by atoms with Crippen molar-refractivity contribution in [1.82, 2.24) is 4.90 Å². The Kier molecular flexibility index (Phi) is 4.06. The van der Waals surface area contributed by atoms with Crippen LogP contribution in [0.5, 0.6) is 0 Å². The van der Waals surface area contributed by atoms with Crippen LogP contribution in [0.15, 0.2) is 18.2 Å². The van der Waals surface area contributed by atoms with Gasteiger partial charge in [-0.25, -0.2) is 0 Å². The Bertz CT molecular complexity index is 492. The zero-order valence-corrected chi connectivity index (χ0v) is 12.1. The summed E-state index contributed by atoms with van der Waals surface area (Å²) in [4.78, 5) is 14.8. The molecule has 0 aliphatic heterocycles. The lowest BCUT2D eigenvalue weighted by atomic mass is 10.0. The lowest BCUT2D eigenvalue weighted by molar-refractivity contribution is 0.0688. The molecule has 2 aliphatic carbocycles. The second-order valence-electron chi connectivity index (χ2n) is 6.06. The van der Waals surface area contributed by atoms with Gasteiger partial charge in [0.05, 0.1) is 0 Å². The highest BCUT2D eigenvalue weighted by atomic mass is 16.2. The fourth-order valence-corrected chi connectivity index (χ4v) is 3.68. The van der Waals surface area contributed by atoms with Gasteiger partial charge in [-0.3, -0.25) is 4.79 Å². The van der Waals surface area contributed by atoms with Gasteiger partial charge >= 0.3 is 0 Å². The Morgan fingerprint density at radius 1 is 1.15 bits per heavy atom. The zero-order chi connectivity index (χ0) is 13.9. The quantitative estimate of drug-likeness (QED) is 0.915. The summed E-state index contributed by atoms with van der Waals surface area (Å²) in [5.74, 6) is 0.178. The molecule has 2 N–H and O–H groups in total. The minimum atomic E-state index is 0.178. The molecule has 0 radical (unpaired) electrons. The lowest BCUT2D eigenvalue weighted by Gasteiger charge is -2.29. The van der Waals surface area contributed by atoms with Gasteiger partial charge in [-0.1, -0.05) is 18.9 Å². The molecule has 20 heavy (non-hydrogen) atoms. The molecule has 0 saturated heterocycles. The fraction of sp³-hybridized carbons (Fsp3) is 0.588. The minimum Gasteiger partial charge on any atom is -0.334 e. The van der Waals surface area contributed by atoms with Crippen LogP contribution in [0.4, 0.5) is 0 Å². The Hall–Kier alpha value is -1.35. The maximum atomic E-state index is 12.8. The van der Waals surface area contributed by atoms with E-state index in [2.05, 4.69) is 12.1 Å². The topological polar surface area (TPSA) is 46.3 Å². The summed E-state index contributed by atoms with van der Waals surface area (Å²) < 4.78 is 0. The Labute approximate surface area is 121 Å². The molecule has 1 fully saturated rings. The second-order valence-corrected chi connectivity index (χ2v) is 6.06. The molecule has 0 aromatic heterocycles. The van der Waals surface area contributed by atoms with Crippen molar-refractivity contribution < 1.29 is 4.79 Å². The van der Waals surface area contributed by atoms with Crippen molar-refractivity contribution in [3.63, 3.8) is 0 Å². The smallest absolute Gasteiger partial charge is 0.254 e. The summed E-state index contributed by atoms with van der Waals surface area (Å²) in [6, 6.07) is 6.66. The predicted molar refractivity (Wildman–Crippen MR) is 80.8 cm³/mol. The van der Waals surface area contributed by atoms with Crippen molar-refractivity contribution in [1.29, 1.82) is 0 Å². The van der Waals surface area contributed by atoms with E-state index < -0.39 is 0 Å². The van der Waals surface area contributed by atoms with Gasteiger partial charge < -0.3 is 10.6 Å². The van der Waals surface area contributed by atoms with Crippen LogP contribution in [0.3, 0.4) is 0 Å². The number of carbonyl (C=O) groups is 1. The van der Waals surface area contributed by atoms with Gasteiger partial charge in [-0.15, -0.1) is 0 Å². The van der Waals surface area contributed by atoms with Crippen molar-refractivity contribution >= 4 is 5.91 Å². The molecule has 0 heterocycles. The van der Waals surface area contributed by atoms with E-state index in [1.54, 1.807) is 0 Å². The lowest BCUT2D eigenvalue weighted by Crippen LogP contribution is -2.42. The highest BCUT2D eigenvalue weighted by Gasteiger charge is 2.27. The van der Waals surface area contributed by atoms with E-state index >= 15 is 0 Å². The molecule has 1 amide bonds. The van der Waals surface area contributed by atoms with Crippen LogP contribution in [0.25, 0.3) is 0 Å². The maximum absolute atomic E-state index is 12.8. The van der Waals surface area contributed by atoms with Gasteiger partial charge in [0.25, 0.3) is 5.91 Å². The first-order valence-electron chi connectivity index (χ1n) is 7.92. The molecule has 0 unspecified atom stereocenters. The number of amides is 1. The number of carbonyl (C=O) groups excluding carboxylic acids is 1. The van der Waals surface area contributed by atoms with Gasteiger partial charge in [-0.05, 0) is 55.4 Å². The summed E-state index contributed by atoms with van der Waals surface area (Å²) in [5, 5.41) is 0. The van der Waals surface area contributed by atoms with Gasteiger partial charge in [0.15, 0.2) is 0 Å². The maximum Gasteiger partial charge on any atom is 0.254 e. The average Bonchev–Trinajstić information content (AvgIpc) is 3.13.